The molecule has 1 N–H and O–H groups in total. The molecule has 0 unspecified atom stereocenters. The van der Waals surface area contributed by atoms with Gasteiger partial charge in [0.25, 0.3) is 5.91 Å². The summed E-state index contributed by atoms with van der Waals surface area (Å²) in [5.74, 6) is -0.535. The van der Waals surface area contributed by atoms with Crippen molar-refractivity contribution in [1.29, 1.82) is 0 Å². The Morgan fingerprint density at radius 2 is 1.81 bits per heavy atom. The van der Waals surface area contributed by atoms with Gasteiger partial charge >= 0.3 is 6.18 Å². The van der Waals surface area contributed by atoms with E-state index >= 15 is 0 Å². The molecule has 0 atom stereocenters. The second-order valence-corrected chi connectivity index (χ2v) is 7.71. The first kappa shape index (κ1) is 23.3. The minimum Gasteiger partial charge on any atom is -0.360 e. The average molecular weight is 452 g/mol. The van der Waals surface area contributed by atoms with Crippen LogP contribution in [-0.2, 0) is 15.8 Å². The Bertz CT molecular complexity index is 980. The maximum atomic E-state index is 12.7. The smallest absolute Gasteiger partial charge is 0.360 e. The fraction of sp³-hybridized carbons (Fsp3) is 0.429. The van der Waals surface area contributed by atoms with Crippen LogP contribution in [0.5, 0.6) is 0 Å². The zero-order valence-corrected chi connectivity index (χ0v) is 17.6. The first-order valence-electron chi connectivity index (χ1n) is 9.99. The normalized spacial score (nSPS) is 14.8. The molecule has 1 aliphatic heterocycles. The van der Waals surface area contributed by atoms with E-state index < -0.39 is 17.6 Å². The van der Waals surface area contributed by atoms with Crippen LogP contribution in [0.2, 0.25) is 0 Å². The number of alkyl halides is 3. The third-order valence-electron chi connectivity index (χ3n) is 5.24. The highest BCUT2D eigenvalue weighted by molar-refractivity contribution is 5.95. The summed E-state index contributed by atoms with van der Waals surface area (Å²) in [6.45, 7) is 2.13. The Morgan fingerprint density at radius 3 is 2.34 bits per heavy atom. The quantitative estimate of drug-likeness (QED) is 0.753. The van der Waals surface area contributed by atoms with Crippen molar-refractivity contribution < 1.29 is 32.1 Å². The number of aryl methyl sites for hydroxylation is 1. The molecule has 1 aliphatic rings. The molecule has 0 bridgehead atoms. The van der Waals surface area contributed by atoms with Gasteiger partial charge in [0.2, 0.25) is 11.8 Å². The van der Waals surface area contributed by atoms with Gasteiger partial charge in [0, 0.05) is 37.7 Å². The molecule has 2 aromatic rings. The molecule has 3 rings (SSSR count). The second kappa shape index (κ2) is 9.41. The van der Waals surface area contributed by atoms with Gasteiger partial charge in [-0.05, 0) is 44.0 Å². The van der Waals surface area contributed by atoms with Crippen molar-refractivity contribution in [2.75, 3.05) is 32.0 Å². The molecule has 172 valence electrons. The van der Waals surface area contributed by atoms with Crippen molar-refractivity contribution in [1.82, 2.24) is 15.0 Å². The van der Waals surface area contributed by atoms with Gasteiger partial charge in [0.1, 0.15) is 5.76 Å². The van der Waals surface area contributed by atoms with Crippen LogP contribution in [-0.4, -0.2) is 59.4 Å². The van der Waals surface area contributed by atoms with E-state index in [9.17, 15) is 27.6 Å². The van der Waals surface area contributed by atoms with E-state index in [-0.39, 0.29) is 35.7 Å². The first-order valence-corrected chi connectivity index (χ1v) is 9.99. The molecule has 8 nitrogen and oxygen atoms in total. The monoisotopic (exact) mass is 452 g/mol. The summed E-state index contributed by atoms with van der Waals surface area (Å²) in [6, 6.07) is 5.63. The summed E-state index contributed by atoms with van der Waals surface area (Å²) >= 11 is 0. The molecule has 32 heavy (non-hydrogen) atoms. The topological polar surface area (TPSA) is 95.8 Å². The highest BCUT2D eigenvalue weighted by atomic mass is 19.4. The number of nitrogens with zero attached hydrogens (tertiary/aromatic N) is 3. The highest BCUT2D eigenvalue weighted by Gasteiger charge is 2.32. The summed E-state index contributed by atoms with van der Waals surface area (Å²) in [6.07, 6.45) is -3.66. The number of piperidine rings is 1. The number of rotatable bonds is 5. The van der Waals surface area contributed by atoms with Crippen LogP contribution >= 0.6 is 0 Å². The lowest BCUT2D eigenvalue weighted by atomic mass is 9.94. The zero-order valence-electron chi connectivity index (χ0n) is 17.6. The predicted octanol–water partition coefficient (Wildman–Crippen LogP) is 2.95. The first-order chi connectivity index (χ1) is 15.0. The fourth-order valence-corrected chi connectivity index (χ4v) is 3.53. The molecule has 1 saturated heterocycles. The van der Waals surface area contributed by atoms with Gasteiger partial charge in [0.05, 0.1) is 12.1 Å². The lowest BCUT2D eigenvalue weighted by Crippen LogP contribution is -2.45. The molecule has 11 heteroatoms. The molecule has 2 heterocycles. The molecule has 0 spiro atoms. The predicted molar refractivity (Wildman–Crippen MR) is 108 cm³/mol. The number of anilines is 1. The number of hydrogen-bond donors (Lipinski definition) is 1. The molecule has 0 aliphatic carbocycles. The summed E-state index contributed by atoms with van der Waals surface area (Å²) in [7, 11) is 1.52. The van der Waals surface area contributed by atoms with E-state index in [4.69, 9.17) is 4.52 Å². The Labute approximate surface area is 182 Å². The van der Waals surface area contributed by atoms with Gasteiger partial charge in [-0.25, -0.2) is 0 Å². The number of hydrogen-bond acceptors (Lipinski definition) is 5. The van der Waals surface area contributed by atoms with Gasteiger partial charge in [-0.15, -0.1) is 0 Å². The molecule has 0 radical (unpaired) electrons. The molecular formula is C21H23F3N4O4. The van der Waals surface area contributed by atoms with Gasteiger partial charge in [-0.3, -0.25) is 14.4 Å². The third-order valence-corrected chi connectivity index (χ3v) is 5.24. The Hall–Kier alpha value is -3.37. The second-order valence-electron chi connectivity index (χ2n) is 7.71. The van der Waals surface area contributed by atoms with E-state index in [0.717, 1.165) is 24.3 Å². The largest absolute Gasteiger partial charge is 0.416 e. The summed E-state index contributed by atoms with van der Waals surface area (Å²) in [5, 5.41) is 6.20. The van der Waals surface area contributed by atoms with E-state index in [1.807, 2.05) is 0 Å². The fourth-order valence-electron chi connectivity index (χ4n) is 3.53. The number of amides is 3. The molecule has 1 aromatic heterocycles. The number of likely N-dealkylation sites (tertiary alicyclic amines) is 1. The van der Waals surface area contributed by atoms with E-state index in [2.05, 4.69) is 10.5 Å². The molecular weight excluding hydrogens is 429 g/mol. The van der Waals surface area contributed by atoms with Crippen LogP contribution in [0.4, 0.5) is 19.0 Å². The van der Waals surface area contributed by atoms with E-state index in [0.29, 0.717) is 31.7 Å². The lowest BCUT2D eigenvalue weighted by Gasteiger charge is -2.33. The van der Waals surface area contributed by atoms with Gasteiger partial charge in [-0.1, -0.05) is 5.16 Å². The van der Waals surface area contributed by atoms with Crippen molar-refractivity contribution in [3.05, 3.63) is 47.2 Å². The van der Waals surface area contributed by atoms with Gasteiger partial charge < -0.3 is 19.6 Å². The number of likely N-dealkylation sites (N-methyl/N-ethyl adjacent to an activating group) is 1. The Morgan fingerprint density at radius 1 is 1.19 bits per heavy atom. The number of carbonyl (C=O) groups excluding carboxylic acids is 3. The van der Waals surface area contributed by atoms with E-state index in [1.54, 1.807) is 13.0 Å². The summed E-state index contributed by atoms with van der Waals surface area (Å²) in [4.78, 5) is 40.2. The zero-order chi connectivity index (χ0) is 23.5. The SMILES string of the molecule is Cc1cc(NC(=O)CN(C)C(=O)C2CCN(C(=O)c3ccc(C(F)(F)F)cc3)CC2)no1. The lowest BCUT2D eigenvalue weighted by molar-refractivity contribution is -0.138. The number of carbonyl (C=O) groups is 3. The standard InChI is InChI=1S/C21H23F3N4O4/c1-13-11-17(26-32-13)25-18(29)12-27(2)19(30)15-7-9-28(10-8-15)20(31)14-3-5-16(6-4-14)21(22,23)24/h3-6,11,15H,7-10,12H2,1-2H3,(H,25,26,29). The van der Waals surface area contributed by atoms with Crippen molar-refractivity contribution in [2.24, 2.45) is 5.92 Å². The number of aromatic nitrogens is 1. The van der Waals surface area contributed by atoms with Crippen molar-refractivity contribution in [3.63, 3.8) is 0 Å². The maximum Gasteiger partial charge on any atom is 0.416 e. The molecule has 1 aromatic carbocycles. The number of nitrogens with one attached hydrogen (secondary N) is 1. The number of benzene rings is 1. The Kier molecular flexibility index (Phi) is 6.85. The minimum atomic E-state index is -4.46. The average Bonchev–Trinajstić information content (AvgIpc) is 3.16. The van der Waals surface area contributed by atoms with Crippen molar-refractivity contribution >= 4 is 23.5 Å². The van der Waals surface area contributed by atoms with Gasteiger partial charge in [0.15, 0.2) is 5.82 Å². The molecule has 3 amide bonds. The molecule has 1 fully saturated rings. The van der Waals surface area contributed by atoms with Crippen molar-refractivity contribution in [2.45, 2.75) is 25.9 Å². The van der Waals surface area contributed by atoms with Crippen LogP contribution < -0.4 is 5.32 Å². The van der Waals surface area contributed by atoms with Crippen LogP contribution in [0.3, 0.4) is 0 Å². The number of halogens is 3. The van der Waals surface area contributed by atoms with Crippen molar-refractivity contribution in [3.8, 4) is 0 Å². The van der Waals surface area contributed by atoms with E-state index in [1.165, 1.54) is 16.8 Å². The summed E-state index contributed by atoms with van der Waals surface area (Å²) < 4.78 is 42.9. The summed E-state index contributed by atoms with van der Waals surface area (Å²) in [5.41, 5.74) is -0.649. The maximum absolute atomic E-state index is 12.7. The van der Waals surface area contributed by atoms with Gasteiger partial charge in [-0.2, -0.15) is 13.2 Å². The molecule has 0 saturated carbocycles. The van der Waals surface area contributed by atoms with Crippen LogP contribution in [0.25, 0.3) is 0 Å². The van der Waals surface area contributed by atoms with Crippen LogP contribution in [0.15, 0.2) is 34.9 Å². The van der Waals surface area contributed by atoms with Crippen LogP contribution in [0, 0.1) is 12.8 Å². The third kappa shape index (κ3) is 5.65. The minimum absolute atomic E-state index is 0.157. The Balaban J connectivity index is 1.49. The highest BCUT2D eigenvalue weighted by Crippen LogP contribution is 2.29. The van der Waals surface area contributed by atoms with Crippen LogP contribution in [0.1, 0.15) is 34.5 Å².